The molecular weight excluding hydrogens is 212 g/mol. The second kappa shape index (κ2) is 4.00. The van der Waals surface area contributed by atoms with Gasteiger partial charge < -0.3 is 5.32 Å². The molecule has 5 heteroatoms. The first-order valence-corrected chi connectivity index (χ1v) is 4.62. The van der Waals surface area contributed by atoms with E-state index < -0.39 is 0 Å². The highest BCUT2D eigenvalue weighted by Gasteiger charge is 2.15. The summed E-state index contributed by atoms with van der Waals surface area (Å²) in [6.45, 7) is 1.69. The molecule has 3 heterocycles. The number of halogens is 1. The van der Waals surface area contributed by atoms with Gasteiger partial charge >= 0.3 is 0 Å². The van der Waals surface area contributed by atoms with Gasteiger partial charge in [0.2, 0.25) is 0 Å². The van der Waals surface area contributed by atoms with Gasteiger partial charge in [-0.3, -0.25) is 10.1 Å². The average molecular weight is 223 g/mol. The highest BCUT2D eigenvalue weighted by Crippen LogP contribution is 2.25. The molecule has 0 aromatic carbocycles. The number of aromatic nitrogens is 3. The van der Waals surface area contributed by atoms with Gasteiger partial charge in [0.1, 0.15) is 0 Å². The van der Waals surface area contributed by atoms with Crippen molar-refractivity contribution in [2.45, 2.75) is 13.1 Å². The monoisotopic (exact) mass is 222 g/mol. The zero-order chi connectivity index (χ0) is 9.38. The van der Waals surface area contributed by atoms with Gasteiger partial charge in [-0.2, -0.15) is 5.10 Å². The lowest BCUT2D eigenvalue weighted by Gasteiger charge is -2.02. The smallest absolute Gasteiger partial charge is 0.0781 e. The number of H-pyrrole nitrogens is 1. The summed E-state index contributed by atoms with van der Waals surface area (Å²) in [4.78, 5) is 4.39. The first kappa shape index (κ1) is 10.1. The van der Waals surface area contributed by atoms with Gasteiger partial charge in [0.15, 0.2) is 0 Å². The minimum atomic E-state index is 0. The molecule has 0 fully saturated rings. The Bertz CT molecular complexity index is 466. The molecule has 0 bridgehead atoms. The van der Waals surface area contributed by atoms with Gasteiger partial charge in [0.25, 0.3) is 0 Å². The Morgan fingerprint density at radius 1 is 1.27 bits per heavy atom. The first-order valence-electron chi connectivity index (χ1n) is 4.62. The fraction of sp³-hybridized carbons (Fsp3) is 0.200. The second-order valence-corrected chi connectivity index (χ2v) is 3.38. The number of fused-ring (bicyclic) bond motifs is 3. The fourth-order valence-corrected chi connectivity index (χ4v) is 1.80. The number of hydrogen-bond acceptors (Lipinski definition) is 3. The van der Waals surface area contributed by atoms with Crippen LogP contribution in [0.5, 0.6) is 0 Å². The van der Waals surface area contributed by atoms with Gasteiger partial charge in [-0.25, -0.2) is 0 Å². The molecule has 0 radical (unpaired) electrons. The third-order valence-electron chi connectivity index (χ3n) is 2.48. The zero-order valence-electron chi connectivity index (χ0n) is 8.03. The largest absolute Gasteiger partial charge is 0.307 e. The van der Waals surface area contributed by atoms with Crippen molar-refractivity contribution in [3.63, 3.8) is 0 Å². The van der Waals surface area contributed by atoms with Gasteiger partial charge in [0, 0.05) is 24.8 Å². The van der Waals surface area contributed by atoms with Crippen LogP contribution in [-0.2, 0) is 13.1 Å². The topological polar surface area (TPSA) is 53.6 Å². The van der Waals surface area contributed by atoms with E-state index in [1.807, 2.05) is 18.5 Å². The third-order valence-corrected chi connectivity index (χ3v) is 2.48. The number of hydrogen-bond donors (Lipinski definition) is 2. The predicted octanol–water partition coefficient (Wildman–Crippen LogP) is 1.50. The van der Waals surface area contributed by atoms with Crippen molar-refractivity contribution in [3.05, 3.63) is 35.8 Å². The van der Waals surface area contributed by atoms with Crippen LogP contribution >= 0.6 is 12.4 Å². The van der Waals surface area contributed by atoms with E-state index in [1.165, 1.54) is 5.56 Å². The van der Waals surface area contributed by atoms with E-state index in [1.54, 1.807) is 0 Å². The molecule has 2 N–H and O–H groups in total. The maximum absolute atomic E-state index is 4.39. The lowest BCUT2D eigenvalue weighted by atomic mass is 10.1. The van der Waals surface area contributed by atoms with Crippen molar-refractivity contribution < 1.29 is 0 Å². The van der Waals surface area contributed by atoms with Crippen molar-refractivity contribution >= 4 is 12.4 Å². The molecule has 0 aliphatic carbocycles. The minimum Gasteiger partial charge on any atom is -0.307 e. The van der Waals surface area contributed by atoms with Crippen LogP contribution in [-0.4, -0.2) is 15.2 Å². The Labute approximate surface area is 93.5 Å². The summed E-state index contributed by atoms with van der Waals surface area (Å²) >= 11 is 0. The molecule has 0 unspecified atom stereocenters. The highest BCUT2D eigenvalue weighted by atomic mass is 35.5. The number of nitrogens with zero attached hydrogens (tertiary/aromatic N) is 2. The fourth-order valence-electron chi connectivity index (χ4n) is 1.80. The minimum absolute atomic E-state index is 0. The van der Waals surface area contributed by atoms with E-state index in [0.29, 0.717) is 0 Å². The number of nitrogens with one attached hydrogen (secondary N) is 2. The second-order valence-electron chi connectivity index (χ2n) is 3.38. The number of aromatic amines is 1. The quantitative estimate of drug-likeness (QED) is 0.710. The highest BCUT2D eigenvalue weighted by molar-refractivity contribution is 5.85. The molecule has 1 aliphatic rings. The van der Waals surface area contributed by atoms with E-state index in [0.717, 1.165) is 30.0 Å². The van der Waals surface area contributed by atoms with E-state index in [9.17, 15) is 0 Å². The van der Waals surface area contributed by atoms with Crippen LogP contribution in [0.1, 0.15) is 11.3 Å². The summed E-state index contributed by atoms with van der Waals surface area (Å²) in [5.41, 5.74) is 4.50. The van der Waals surface area contributed by atoms with Gasteiger partial charge in [-0.05, 0) is 11.6 Å². The summed E-state index contributed by atoms with van der Waals surface area (Å²) < 4.78 is 0. The number of pyridine rings is 1. The molecule has 78 valence electrons. The normalized spacial score (nSPS) is 13.3. The summed E-state index contributed by atoms with van der Waals surface area (Å²) in [6.07, 6.45) is 3.66. The van der Waals surface area contributed by atoms with Gasteiger partial charge in [-0.15, -0.1) is 12.4 Å². The standard InChI is InChI=1S/C10H10N4.ClH/c1-2-7-4-11-6-9-8(5-13-14-9)10(7)12-3-1;/h1-3,5,11H,4,6H2,(H,13,14);1H. The number of rotatable bonds is 0. The van der Waals surface area contributed by atoms with Gasteiger partial charge in [-0.1, -0.05) is 6.07 Å². The molecule has 0 saturated heterocycles. The molecule has 15 heavy (non-hydrogen) atoms. The van der Waals surface area contributed by atoms with Crippen LogP contribution in [0.15, 0.2) is 24.5 Å². The van der Waals surface area contributed by atoms with Crippen LogP contribution in [0.3, 0.4) is 0 Å². The summed E-state index contributed by atoms with van der Waals surface area (Å²) in [5, 5.41) is 10.4. The SMILES string of the molecule is Cl.c1cnc2c(c1)CNCc1[nH]ncc1-2. The van der Waals surface area contributed by atoms with Crippen LogP contribution in [0.4, 0.5) is 0 Å². The van der Waals surface area contributed by atoms with E-state index in [4.69, 9.17) is 0 Å². The zero-order valence-corrected chi connectivity index (χ0v) is 8.84. The summed E-state index contributed by atoms with van der Waals surface area (Å²) in [6, 6.07) is 4.06. The average Bonchev–Trinajstić information content (AvgIpc) is 2.61. The van der Waals surface area contributed by atoms with E-state index in [-0.39, 0.29) is 12.4 Å². The molecule has 2 aromatic rings. The summed E-state index contributed by atoms with van der Waals surface area (Å²) in [5.74, 6) is 0. The Kier molecular flexibility index (Phi) is 2.70. The van der Waals surface area contributed by atoms with Gasteiger partial charge in [0.05, 0.1) is 17.6 Å². The maximum atomic E-state index is 4.39. The molecule has 2 aromatic heterocycles. The molecule has 0 atom stereocenters. The first-order chi connectivity index (χ1) is 6.95. The molecule has 4 nitrogen and oxygen atoms in total. The Balaban J connectivity index is 0.000000853. The Morgan fingerprint density at radius 3 is 3.13 bits per heavy atom. The molecule has 0 amide bonds. The molecule has 0 saturated carbocycles. The van der Waals surface area contributed by atoms with Crippen molar-refractivity contribution in [3.8, 4) is 11.3 Å². The van der Waals surface area contributed by atoms with Crippen molar-refractivity contribution in [2.24, 2.45) is 0 Å². The molecule has 1 aliphatic heterocycles. The Hall–Kier alpha value is -1.39. The Morgan fingerprint density at radius 2 is 2.20 bits per heavy atom. The van der Waals surface area contributed by atoms with Crippen molar-refractivity contribution in [1.82, 2.24) is 20.5 Å². The molecule has 3 rings (SSSR count). The van der Waals surface area contributed by atoms with Crippen LogP contribution in [0.2, 0.25) is 0 Å². The maximum Gasteiger partial charge on any atom is 0.0781 e. The molecular formula is C10H11ClN4. The van der Waals surface area contributed by atoms with E-state index in [2.05, 4.69) is 26.6 Å². The van der Waals surface area contributed by atoms with Crippen molar-refractivity contribution in [2.75, 3.05) is 0 Å². The lowest BCUT2D eigenvalue weighted by molar-refractivity contribution is 0.686. The van der Waals surface area contributed by atoms with Crippen LogP contribution in [0.25, 0.3) is 11.3 Å². The van der Waals surface area contributed by atoms with Crippen LogP contribution < -0.4 is 5.32 Å². The lowest BCUT2D eigenvalue weighted by Crippen LogP contribution is -2.11. The van der Waals surface area contributed by atoms with Crippen molar-refractivity contribution in [1.29, 1.82) is 0 Å². The van der Waals surface area contributed by atoms with Crippen LogP contribution in [0, 0.1) is 0 Å². The van der Waals surface area contributed by atoms with E-state index >= 15 is 0 Å². The predicted molar refractivity (Wildman–Crippen MR) is 59.6 cm³/mol. The summed E-state index contributed by atoms with van der Waals surface area (Å²) in [7, 11) is 0. The molecule has 0 spiro atoms. The third kappa shape index (κ3) is 1.62.